The number of rotatable bonds is 12. The van der Waals surface area contributed by atoms with E-state index in [1.165, 1.54) is 0 Å². The summed E-state index contributed by atoms with van der Waals surface area (Å²) in [5, 5.41) is 0. The summed E-state index contributed by atoms with van der Waals surface area (Å²) < 4.78 is 20.3. The number of carbonyl (C=O) groups excluding carboxylic acids is 4. The molecule has 0 amide bonds. The number of alkyl halides is 4. The van der Waals surface area contributed by atoms with Crippen LogP contribution in [0.3, 0.4) is 0 Å². The Labute approximate surface area is 194 Å². The van der Waals surface area contributed by atoms with Crippen molar-refractivity contribution in [2.45, 2.75) is 0 Å². The summed E-state index contributed by atoms with van der Waals surface area (Å²) in [4.78, 5) is 49.6. The molecule has 0 bridgehead atoms. The van der Waals surface area contributed by atoms with Crippen LogP contribution in [0.2, 0.25) is 0 Å². The van der Waals surface area contributed by atoms with Gasteiger partial charge < -0.3 is 0 Å². The van der Waals surface area contributed by atoms with Gasteiger partial charge in [0.25, 0.3) is 0 Å². The molecule has 0 aromatic rings. The number of halogens is 4. The Hall–Kier alpha value is 0.800. The van der Waals surface area contributed by atoms with Crippen molar-refractivity contribution < 1.29 is 80.5 Å². The molecule has 8 nitrogen and oxygen atoms in total. The second kappa shape index (κ2) is 14.8. The molecular formula is C13H18I4O8-2. The molecule has 0 saturated carbocycles. The van der Waals surface area contributed by atoms with Crippen molar-refractivity contribution in [2.75, 3.05) is 45.1 Å². The van der Waals surface area contributed by atoms with Crippen molar-refractivity contribution in [3.8, 4) is 0 Å². The third-order valence-electron chi connectivity index (χ3n) is 2.59. The summed E-state index contributed by atoms with van der Waals surface area (Å²) >= 11 is 2.17. The first-order valence-electron chi connectivity index (χ1n) is 6.58. The van der Waals surface area contributed by atoms with E-state index >= 15 is 0 Å². The Morgan fingerprint density at radius 1 is 0.720 bits per heavy atom. The Morgan fingerprint density at radius 3 is 1.32 bits per heavy atom. The van der Waals surface area contributed by atoms with Gasteiger partial charge in [0.15, 0.2) is 0 Å². The molecule has 0 aliphatic rings. The van der Waals surface area contributed by atoms with E-state index < -0.39 is 59.8 Å². The zero-order valence-corrected chi connectivity index (χ0v) is 22.2. The van der Waals surface area contributed by atoms with Gasteiger partial charge in [0.2, 0.25) is 0 Å². The van der Waals surface area contributed by atoms with Gasteiger partial charge in [-0.3, -0.25) is 0 Å². The average molecular weight is 810 g/mol. The van der Waals surface area contributed by atoms with Crippen molar-refractivity contribution in [1.82, 2.24) is 0 Å². The van der Waals surface area contributed by atoms with Crippen LogP contribution in [0.5, 0.6) is 0 Å². The number of ether oxygens (including phenoxy) is 4. The maximum absolute atomic E-state index is 11.5. The molecule has 0 aromatic carbocycles. The van der Waals surface area contributed by atoms with E-state index in [-0.39, 0.29) is 43.2 Å². The molecule has 148 valence electrons. The number of esters is 2. The molecule has 12 heteroatoms. The topological polar surface area (TPSA) is 105 Å². The van der Waals surface area contributed by atoms with Crippen LogP contribution >= 0.6 is 45.2 Å². The van der Waals surface area contributed by atoms with Gasteiger partial charge >= 0.3 is 196 Å². The van der Waals surface area contributed by atoms with Crippen LogP contribution in [0.1, 0.15) is 0 Å². The van der Waals surface area contributed by atoms with E-state index in [2.05, 4.69) is 0 Å². The van der Waals surface area contributed by atoms with Crippen molar-refractivity contribution in [2.24, 2.45) is 5.41 Å². The zero-order chi connectivity index (χ0) is 19.3. The summed E-state index contributed by atoms with van der Waals surface area (Å²) in [5.74, 6) is -0.928. The molecule has 0 unspecified atom stereocenters. The van der Waals surface area contributed by atoms with E-state index in [1.807, 2.05) is 45.2 Å². The van der Waals surface area contributed by atoms with Crippen LogP contribution in [0.4, 0.5) is 9.59 Å². The Morgan fingerprint density at radius 2 is 1.04 bits per heavy atom. The molecule has 0 N–H and O–H groups in total. The van der Waals surface area contributed by atoms with Crippen LogP contribution in [0, 0.1) is 5.41 Å². The SMILES string of the molecule is C[I-]C(=O)OCC(COC(=O)CI)(COC(=O)CI)COC(=O)[I-]C. The number of carbonyl (C=O) groups is 4. The molecule has 0 atom stereocenters. The van der Waals surface area contributed by atoms with Crippen molar-refractivity contribution in [3.05, 3.63) is 0 Å². The van der Waals surface area contributed by atoms with Gasteiger partial charge in [-0.05, 0) is 0 Å². The average Bonchev–Trinajstić information content (AvgIpc) is 2.65. The Bertz CT molecular complexity index is 385. The summed E-state index contributed by atoms with van der Waals surface area (Å²) in [5.41, 5.74) is -1.12. The maximum atomic E-state index is 11.5. The third-order valence-corrected chi connectivity index (χ3v) is 6.22. The van der Waals surface area contributed by atoms with Crippen LogP contribution in [-0.4, -0.2) is 65.0 Å². The second-order valence-electron chi connectivity index (χ2n) is 4.52. The summed E-state index contributed by atoms with van der Waals surface area (Å²) in [6.07, 6.45) is 0. The first kappa shape index (κ1) is 25.8. The van der Waals surface area contributed by atoms with E-state index in [4.69, 9.17) is 18.9 Å². The minimum atomic E-state index is -1.12. The number of hydrogen-bond acceptors (Lipinski definition) is 8. The fourth-order valence-corrected chi connectivity index (χ4v) is 2.70. The van der Waals surface area contributed by atoms with Gasteiger partial charge in [-0.1, -0.05) is 0 Å². The fourth-order valence-electron chi connectivity index (χ4n) is 1.32. The van der Waals surface area contributed by atoms with Gasteiger partial charge in [0.1, 0.15) is 0 Å². The molecule has 0 fully saturated rings. The van der Waals surface area contributed by atoms with Crippen LogP contribution < -0.4 is 42.4 Å². The van der Waals surface area contributed by atoms with E-state index in [0.29, 0.717) is 0 Å². The van der Waals surface area contributed by atoms with Gasteiger partial charge in [0.05, 0.1) is 0 Å². The molecule has 0 aromatic heterocycles. The van der Waals surface area contributed by atoms with Crippen molar-refractivity contribution in [1.29, 1.82) is 0 Å². The first-order chi connectivity index (χ1) is 11.8. The molecule has 0 saturated heterocycles. The fraction of sp³-hybridized carbons (Fsp3) is 0.692. The normalized spacial score (nSPS) is 11.0. The summed E-state index contributed by atoms with van der Waals surface area (Å²) in [7, 11) is 0. The quantitative estimate of drug-likeness (QED) is 0.0642. The van der Waals surface area contributed by atoms with Crippen molar-refractivity contribution >= 4 is 65.1 Å². The second-order valence-corrected chi connectivity index (χ2v) is 9.96. The van der Waals surface area contributed by atoms with Crippen LogP contribution in [0.15, 0.2) is 0 Å². The van der Waals surface area contributed by atoms with E-state index in [0.717, 1.165) is 0 Å². The standard InChI is InChI=1S/C13H18I4O8/c1-16-11(20)24-7-13(5-22-9(18)3-14,6-23-10(19)4-15)8-25-12(21)17-2/h3-8H2,1-2H3/q-2. The Balaban J connectivity index is 5.24. The van der Waals surface area contributed by atoms with Crippen LogP contribution in [0.25, 0.3) is 0 Å². The minimum absolute atomic E-state index is 0.141. The van der Waals surface area contributed by atoms with Gasteiger partial charge in [-0.25, -0.2) is 0 Å². The first-order valence-corrected chi connectivity index (χ1v) is 16.1. The predicted octanol–water partition coefficient (Wildman–Crippen LogP) is -4.36. The zero-order valence-electron chi connectivity index (χ0n) is 13.5. The van der Waals surface area contributed by atoms with E-state index in [1.54, 1.807) is 9.86 Å². The number of hydrogen-bond donors (Lipinski definition) is 0. The molecular weight excluding hydrogens is 792 g/mol. The van der Waals surface area contributed by atoms with E-state index in [9.17, 15) is 19.2 Å². The predicted molar refractivity (Wildman–Crippen MR) is 96.7 cm³/mol. The molecule has 25 heavy (non-hydrogen) atoms. The molecule has 0 aliphatic carbocycles. The van der Waals surface area contributed by atoms with Crippen LogP contribution in [-0.2, 0) is 28.5 Å². The molecule has 0 radical (unpaired) electrons. The molecule has 0 aliphatic heterocycles. The van der Waals surface area contributed by atoms with Gasteiger partial charge in [0, 0.05) is 0 Å². The summed E-state index contributed by atoms with van der Waals surface area (Å²) in [6, 6.07) is 0. The Kier molecular flexibility index (Phi) is 15.3. The van der Waals surface area contributed by atoms with Gasteiger partial charge in [-0.15, -0.1) is 0 Å². The third kappa shape index (κ3) is 12.0. The summed E-state index contributed by atoms with van der Waals surface area (Å²) in [6.45, 7) is -0.711. The molecule has 0 spiro atoms. The molecule has 0 rings (SSSR count). The monoisotopic (exact) mass is 810 g/mol. The van der Waals surface area contributed by atoms with Crippen molar-refractivity contribution in [3.63, 3.8) is 0 Å². The molecule has 0 heterocycles. The van der Waals surface area contributed by atoms with Gasteiger partial charge in [-0.2, -0.15) is 0 Å².